The van der Waals surface area contributed by atoms with Crippen LogP contribution in [0.3, 0.4) is 0 Å². The van der Waals surface area contributed by atoms with Crippen LogP contribution in [-0.2, 0) is 6.54 Å². The highest BCUT2D eigenvalue weighted by molar-refractivity contribution is 5.20. The lowest BCUT2D eigenvalue weighted by Gasteiger charge is -1.97. The summed E-state index contributed by atoms with van der Waals surface area (Å²) < 4.78 is 4.95. The lowest BCUT2D eigenvalue weighted by Crippen LogP contribution is -2.13. The van der Waals surface area contributed by atoms with Crippen LogP contribution in [0.5, 0.6) is 0 Å². The molecule has 0 saturated heterocycles. The molecule has 0 aromatic carbocycles. The predicted octanol–water partition coefficient (Wildman–Crippen LogP) is 0.905. The monoisotopic (exact) mass is 165 g/mol. The molecule has 0 bridgehead atoms. The molecule has 0 unspecified atom stereocenters. The number of hydrogen-bond acceptors (Lipinski definition) is 4. The van der Waals surface area contributed by atoms with Crippen molar-refractivity contribution in [3.8, 4) is 6.07 Å². The zero-order valence-corrected chi connectivity index (χ0v) is 7.22. The molecule has 1 rings (SSSR count). The number of rotatable bonds is 3. The zero-order valence-electron chi connectivity index (χ0n) is 7.22. The summed E-state index contributed by atoms with van der Waals surface area (Å²) in [5, 5.41) is 15.0. The fourth-order valence-corrected chi connectivity index (χ4v) is 0.998. The smallest absolute Gasteiger partial charge is 0.138 e. The van der Waals surface area contributed by atoms with Crippen LogP contribution in [-0.4, -0.2) is 11.7 Å². The molecular formula is C8H11N3O. The van der Waals surface area contributed by atoms with Crippen molar-refractivity contribution in [2.45, 2.75) is 20.4 Å². The third-order valence-electron chi connectivity index (χ3n) is 1.69. The van der Waals surface area contributed by atoms with Gasteiger partial charge in [-0.15, -0.1) is 0 Å². The van der Waals surface area contributed by atoms with E-state index in [9.17, 15) is 0 Å². The van der Waals surface area contributed by atoms with Crippen LogP contribution < -0.4 is 5.32 Å². The third-order valence-corrected chi connectivity index (χ3v) is 1.69. The van der Waals surface area contributed by atoms with E-state index in [4.69, 9.17) is 9.78 Å². The fraction of sp³-hybridized carbons (Fsp3) is 0.500. The maximum atomic E-state index is 8.28. The molecule has 0 fully saturated rings. The number of nitrogens with one attached hydrogen (secondary N) is 1. The van der Waals surface area contributed by atoms with Crippen molar-refractivity contribution < 1.29 is 4.52 Å². The molecule has 0 aliphatic rings. The molecule has 64 valence electrons. The van der Waals surface area contributed by atoms with Crippen LogP contribution >= 0.6 is 0 Å². The highest BCUT2D eigenvalue weighted by atomic mass is 16.5. The van der Waals surface area contributed by atoms with Gasteiger partial charge in [0.05, 0.1) is 18.3 Å². The SMILES string of the molecule is Cc1noc(C)c1CNCC#N. The highest BCUT2D eigenvalue weighted by Crippen LogP contribution is 2.10. The van der Waals surface area contributed by atoms with Gasteiger partial charge >= 0.3 is 0 Å². The van der Waals surface area contributed by atoms with Crippen molar-refractivity contribution in [1.82, 2.24) is 10.5 Å². The molecule has 1 aromatic heterocycles. The third kappa shape index (κ3) is 1.83. The van der Waals surface area contributed by atoms with E-state index in [1.807, 2.05) is 19.9 Å². The minimum Gasteiger partial charge on any atom is -0.361 e. The molecule has 1 aromatic rings. The average Bonchev–Trinajstić information content (AvgIpc) is 2.35. The first-order valence-electron chi connectivity index (χ1n) is 3.75. The van der Waals surface area contributed by atoms with E-state index in [1.165, 1.54) is 0 Å². The van der Waals surface area contributed by atoms with Gasteiger partial charge in [0, 0.05) is 12.1 Å². The molecule has 0 aliphatic heterocycles. The Labute approximate surface area is 71.2 Å². The molecule has 1 heterocycles. The second-order valence-electron chi connectivity index (χ2n) is 2.56. The van der Waals surface area contributed by atoms with Crippen LogP contribution in [0.25, 0.3) is 0 Å². The molecule has 0 spiro atoms. The van der Waals surface area contributed by atoms with Gasteiger partial charge in [-0.3, -0.25) is 0 Å². The van der Waals surface area contributed by atoms with E-state index in [0.29, 0.717) is 13.1 Å². The molecule has 12 heavy (non-hydrogen) atoms. The Morgan fingerprint density at radius 1 is 1.58 bits per heavy atom. The number of nitrogens with zero attached hydrogens (tertiary/aromatic N) is 2. The summed E-state index contributed by atoms with van der Waals surface area (Å²) in [6, 6.07) is 2.01. The molecule has 0 atom stereocenters. The van der Waals surface area contributed by atoms with Crippen LogP contribution in [0.4, 0.5) is 0 Å². The van der Waals surface area contributed by atoms with Crippen molar-refractivity contribution >= 4 is 0 Å². The first-order chi connectivity index (χ1) is 5.75. The van der Waals surface area contributed by atoms with Gasteiger partial charge in [0.1, 0.15) is 5.76 Å². The van der Waals surface area contributed by atoms with Crippen molar-refractivity contribution in [3.05, 3.63) is 17.0 Å². The summed E-state index contributed by atoms with van der Waals surface area (Å²) in [5.41, 5.74) is 1.93. The van der Waals surface area contributed by atoms with Gasteiger partial charge in [-0.2, -0.15) is 5.26 Å². The Kier molecular flexibility index (Phi) is 2.83. The number of hydrogen-bond donors (Lipinski definition) is 1. The molecule has 0 radical (unpaired) electrons. The van der Waals surface area contributed by atoms with Crippen molar-refractivity contribution in [3.63, 3.8) is 0 Å². The Balaban J connectivity index is 2.57. The van der Waals surface area contributed by atoms with Gasteiger partial charge in [0.25, 0.3) is 0 Å². The van der Waals surface area contributed by atoms with Gasteiger partial charge < -0.3 is 9.84 Å². The molecule has 1 N–H and O–H groups in total. The van der Waals surface area contributed by atoms with E-state index < -0.39 is 0 Å². The standard InChI is InChI=1S/C8H11N3O/c1-6-8(5-10-4-3-9)7(2)12-11-6/h10H,4-5H2,1-2H3. The summed E-state index contributed by atoms with van der Waals surface area (Å²) in [4.78, 5) is 0. The van der Waals surface area contributed by atoms with E-state index in [2.05, 4.69) is 10.5 Å². The average molecular weight is 165 g/mol. The van der Waals surface area contributed by atoms with Crippen LogP contribution in [0.1, 0.15) is 17.0 Å². The van der Waals surface area contributed by atoms with Gasteiger partial charge in [-0.1, -0.05) is 5.16 Å². The Bertz CT molecular complexity index is 278. The largest absolute Gasteiger partial charge is 0.361 e. The number of nitriles is 1. The normalized spacial score (nSPS) is 9.75. The van der Waals surface area contributed by atoms with E-state index >= 15 is 0 Å². The predicted molar refractivity (Wildman–Crippen MR) is 43.3 cm³/mol. The second kappa shape index (κ2) is 3.88. The molecule has 4 nitrogen and oxygen atoms in total. The minimum absolute atomic E-state index is 0.351. The first kappa shape index (κ1) is 8.75. The maximum absolute atomic E-state index is 8.28. The van der Waals surface area contributed by atoms with Crippen LogP contribution in [0, 0.1) is 25.2 Å². The maximum Gasteiger partial charge on any atom is 0.138 e. The van der Waals surface area contributed by atoms with E-state index in [0.717, 1.165) is 17.0 Å². The summed E-state index contributed by atoms with van der Waals surface area (Å²) in [6.07, 6.45) is 0. The van der Waals surface area contributed by atoms with E-state index in [-0.39, 0.29) is 0 Å². The summed E-state index contributed by atoms with van der Waals surface area (Å²) in [7, 11) is 0. The van der Waals surface area contributed by atoms with Crippen LogP contribution in [0.15, 0.2) is 4.52 Å². The topological polar surface area (TPSA) is 61.9 Å². The first-order valence-corrected chi connectivity index (χ1v) is 3.75. The Morgan fingerprint density at radius 3 is 2.83 bits per heavy atom. The second-order valence-corrected chi connectivity index (χ2v) is 2.56. The van der Waals surface area contributed by atoms with Gasteiger partial charge in [0.2, 0.25) is 0 Å². The van der Waals surface area contributed by atoms with Gasteiger partial charge in [-0.05, 0) is 13.8 Å². The Hall–Kier alpha value is -1.34. The number of aryl methyl sites for hydroxylation is 2. The van der Waals surface area contributed by atoms with Crippen molar-refractivity contribution in [2.75, 3.05) is 6.54 Å². The van der Waals surface area contributed by atoms with E-state index in [1.54, 1.807) is 0 Å². The van der Waals surface area contributed by atoms with Gasteiger partial charge in [-0.25, -0.2) is 0 Å². The lowest BCUT2D eigenvalue weighted by atomic mass is 10.2. The minimum atomic E-state index is 0.351. The fourth-order valence-electron chi connectivity index (χ4n) is 0.998. The quantitative estimate of drug-likeness (QED) is 0.534. The molecule has 0 saturated carbocycles. The van der Waals surface area contributed by atoms with Crippen molar-refractivity contribution in [2.24, 2.45) is 0 Å². The van der Waals surface area contributed by atoms with Crippen molar-refractivity contribution in [1.29, 1.82) is 5.26 Å². The summed E-state index contributed by atoms with van der Waals surface area (Å²) in [5.74, 6) is 0.818. The molecule has 0 aliphatic carbocycles. The zero-order chi connectivity index (χ0) is 8.97. The van der Waals surface area contributed by atoms with Crippen LogP contribution in [0.2, 0.25) is 0 Å². The molecule has 4 heteroatoms. The number of aromatic nitrogens is 1. The summed E-state index contributed by atoms with van der Waals surface area (Å²) >= 11 is 0. The summed E-state index contributed by atoms with van der Waals surface area (Å²) in [6.45, 7) is 4.75. The molecule has 0 amide bonds. The highest BCUT2D eigenvalue weighted by Gasteiger charge is 2.06. The van der Waals surface area contributed by atoms with Gasteiger partial charge in [0.15, 0.2) is 0 Å². The Morgan fingerprint density at radius 2 is 2.33 bits per heavy atom. The molecular weight excluding hydrogens is 154 g/mol. The lowest BCUT2D eigenvalue weighted by molar-refractivity contribution is 0.392.